The Morgan fingerprint density at radius 1 is 1.00 bits per heavy atom. The molecule has 31 heavy (non-hydrogen) atoms. The molecule has 3 rings (SSSR count). The highest BCUT2D eigenvalue weighted by molar-refractivity contribution is 7.80. The van der Waals surface area contributed by atoms with Gasteiger partial charge in [-0.05, 0) is 73.8 Å². The summed E-state index contributed by atoms with van der Waals surface area (Å²) in [7, 11) is 1.35. The number of nitrogens with one attached hydrogen (secondary N) is 3. The third-order valence-corrected chi connectivity index (χ3v) is 5.88. The average molecular weight is 440 g/mol. The summed E-state index contributed by atoms with van der Waals surface area (Å²) in [6, 6.07) is 14.2. The predicted molar refractivity (Wildman–Crippen MR) is 127 cm³/mol. The van der Waals surface area contributed by atoms with Crippen LogP contribution in [-0.2, 0) is 9.53 Å². The van der Waals surface area contributed by atoms with Gasteiger partial charge in [0, 0.05) is 11.4 Å². The van der Waals surface area contributed by atoms with Crippen LogP contribution in [0.5, 0.6) is 0 Å². The molecule has 1 atom stereocenters. The zero-order valence-corrected chi connectivity index (χ0v) is 18.8. The van der Waals surface area contributed by atoms with E-state index < -0.39 is 12.0 Å². The fourth-order valence-electron chi connectivity index (χ4n) is 3.90. The highest BCUT2D eigenvalue weighted by Gasteiger charge is 2.30. The van der Waals surface area contributed by atoms with Crippen LogP contribution in [0, 0.1) is 12.8 Å². The second kappa shape index (κ2) is 10.9. The van der Waals surface area contributed by atoms with Crippen molar-refractivity contribution in [1.29, 1.82) is 0 Å². The van der Waals surface area contributed by atoms with Gasteiger partial charge in [-0.2, -0.15) is 0 Å². The molecular weight excluding hydrogens is 410 g/mol. The van der Waals surface area contributed by atoms with Crippen LogP contribution in [0.1, 0.15) is 48.0 Å². The molecule has 6 nitrogen and oxygen atoms in total. The number of carbonyl (C=O) groups is 2. The van der Waals surface area contributed by atoms with Gasteiger partial charge in [0.05, 0.1) is 12.7 Å². The lowest BCUT2D eigenvalue weighted by Gasteiger charge is -2.31. The summed E-state index contributed by atoms with van der Waals surface area (Å²) in [5.74, 6) is -0.247. The summed E-state index contributed by atoms with van der Waals surface area (Å²) in [5.41, 5.74) is 3.02. The Balaban J connectivity index is 1.68. The standard InChI is InChI=1S/C24H29N3O3S/c1-16-8-6-7-11-20(16)26-22(28)21(17-9-4-3-5-10-17)27-24(31)25-19-14-12-18(13-15-19)23(29)30-2/h6-8,11-15,17,21H,3-5,9-10H2,1-2H3,(H,26,28)(H2,25,27,31)/t21-/m0/s1. The highest BCUT2D eigenvalue weighted by Crippen LogP contribution is 2.27. The number of carbonyl (C=O) groups excluding carboxylic acids is 2. The van der Waals surface area contributed by atoms with E-state index >= 15 is 0 Å². The number of anilines is 2. The summed E-state index contributed by atoms with van der Waals surface area (Å²) in [6.45, 7) is 1.98. The van der Waals surface area contributed by atoms with Crippen LogP contribution < -0.4 is 16.0 Å². The van der Waals surface area contributed by atoms with Gasteiger partial charge in [-0.15, -0.1) is 0 Å². The van der Waals surface area contributed by atoms with Crippen LogP contribution in [-0.4, -0.2) is 30.1 Å². The van der Waals surface area contributed by atoms with E-state index in [-0.39, 0.29) is 11.8 Å². The Labute approximate surface area is 188 Å². The first-order valence-electron chi connectivity index (χ1n) is 10.6. The number of aryl methyl sites for hydroxylation is 1. The molecule has 1 aliphatic rings. The number of para-hydroxylation sites is 1. The number of hydrogen-bond acceptors (Lipinski definition) is 4. The van der Waals surface area contributed by atoms with Gasteiger partial charge in [0.2, 0.25) is 5.91 Å². The molecule has 0 aliphatic heterocycles. The molecule has 0 unspecified atom stereocenters. The smallest absolute Gasteiger partial charge is 0.337 e. The van der Waals surface area contributed by atoms with E-state index in [0.717, 1.165) is 42.6 Å². The number of amides is 1. The molecule has 1 saturated carbocycles. The van der Waals surface area contributed by atoms with Crippen molar-refractivity contribution in [2.45, 2.75) is 45.1 Å². The van der Waals surface area contributed by atoms with Crippen molar-refractivity contribution < 1.29 is 14.3 Å². The van der Waals surface area contributed by atoms with E-state index in [4.69, 9.17) is 17.0 Å². The Morgan fingerprint density at radius 2 is 1.68 bits per heavy atom. The molecule has 2 aromatic rings. The van der Waals surface area contributed by atoms with E-state index in [0.29, 0.717) is 10.7 Å². The molecule has 0 heterocycles. The fraction of sp³-hybridized carbons (Fsp3) is 0.375. The summed E-state index contributed by atoms with van der Waals surface area (Å²) in [5, 5.41) is 9.79. The number of benzene rings is 2. The monoisotopic (exact) mass is 439 g/mol. The largest absolute Gasteiger partial charge is 0.465 e. The van der Waals surface area contributed by atoms with Gasteiger partial charge in [0.15, 0.2) is 5.11 Å². The lowest BCUT2D eigenvalue weighted by Crippen LogP contribution is -2.50. The van der Waals surface area contributed by atoms with Gasteiger partial charge >= 0.3 is 5.97 Å². The molecule has 1 aliphatic carbocycles. The Kier molecular flexibility index (Phi) is 8.00. The first-order chi connectivity index (χ1) is 15.0. The molecule has 3 N–H and O–H groups in total. The van der Waals surface area contributed by atoms with Crippen molar-refractivity contribution in [3.63, 3.8) is 0 Å². The molecule has 164 valence electrons. The van der Waals surface area contributed by atoms with Crippen molar-refractivity contribution in [3.05, 3.63) is 59.7 Å². The van der Waals surface area contributed by atoms with E-state index in [1.54, 1.807) is 24.3 Å². The van der Waals surface area contributed by atoms with E-state index in [9.17, 15) is 9.59 Å². The average Bonchev–Trinajstić information content (AvgIpc) is 2.79. The van der Waals surface area contributed by atoms with Crippen LogP contribution in [0.15, 0.2) is 48.5 Å². The minimum atomic E-state index is -0.422. The third kappa shape index (κ3) is 6.28. The molecule has 1 amide bonds. The van der Waals surface area contributed by atoms with Crippen molar-refractivity contribution in [2.75, 3.05) is 17.7 Å². The van der Waals surface area contributed by atoms with Crippen molar-refractivity contribution in [2.24, 2.45) is 5.92 Å². The summed E-state index contributed by atoms with van der Waals surface area (Å²) in [4.78, 5) is 24.8. The van der Waals surface area contributed by atoms with Crippen LogP contribution in [0.2, 0.25) is 0 Å². The number of methoxy groups -OCH3 is 1. The van der Waals surface area contributed by atoms with Crippen molar-refractivity contribution >= 4 is 40.6 Å². The van der Waals surface area contributed by atoms with Crippen LogP contribution in [0.4, 0.5) is 11.4 Å². The van der Waals surface area contributed by atoms with Gasteiger partial charge in [-0.3, -0.25) is 4.79 Å². The molecule has 0 saturated heterocycles. The van der Waals surface area contributed by atoms with E-state index in [2.05, 4.69) is 16.0 Å². The zero-order valence-electron chi connectivity index (χ0n) is 17.9. The summed E-state index contributed by atoms with van der Waals surface area (Å²) < 4.78 is 4.72. The van der Waals surface area contributed by atoms with Crippen LogP contribution in [0.25, 0.3) is 0 Å². The summed E-state index contributed by atoms with van der Waals surface area (Å²) in [6.07, 6.45) is 5.44. The second-order valence-corrected chi connectivity index (χ2v) is 8.26. The molecule has 0 radical (unpaired) electrons. The fourth-order valence-corrected chi connectivity index (χ4v) is 4.15. The maximum atomic E-state index is 13.2. The maximum absolute atomic E-state index is 13.2. The predicted octanol–water partition coefficient (Wildman–Crippen LogP) is 4.66. The quantitative estimate of drug-likeness (QED) is 0.449. The van der Waals surface area contributed by atoms with Crippen molar-refractivity contribution in [3.8, 4) is 0 Å². The van der Waals surface area contributed by atoms with Crippen molar-refractivity contribution in [1.82, 2.24) is 5.32 Å². The Bertz CT molecular complexity index is 924. The molecule has 7 heteroatoms. The topological polar surface area (TPSA) is 79.5 Å². The van der Waals surface area contributed by atoms with Gasteiger partial charge in [0.1, 0.15) is 6.04 Å². The minimum absolute atomic E-state index is 0.0774. The molecule has 2 aromatic carbocycles. The zero-order chi connectivity index (χ0) is 22.2. The SMILES string of the molecule is COC(=O)c1ccc(NC(=S)N[C@H](C(=O)Nc2ccccc2C)C2CCCCC2)cc1. The minimum Gasteiger partial charge on any atom is -0.465 e. The molecule has 1 fully saturated rings. The number of rotatable bonds is 6. The molecule has 0 bridgehead atoms. The lowest BCUT2D eigenvalue weighted by molar-refractivity contribution is -0.119. The number of ether oxygens (including phenoxy) is 1. The number of hydrogen-bond donors (Lipinski definition) is 3. The Hall–Kier alpha value is -2.93. The molecule has 0 spiro atoms. The molecular formula is C24H29N3O3S. The van der Waals surface area contributed by atoms with Gasteiger partial charge in [-0.25, -0.2) is 4.79 Å². The number of esters is 1. The second-order valence-electron chi connectivity index (χ2n) is 7.85. The van der Waals surface area contributed by atoms with Gasteiger partial charge < -0.3 is 20.7 Å². The third-order valence-electron chi connectivity index (χ3n) is 5.66. The Morgan fingerprint density at radius 3 is 2.32 bits per heavy atom. The van der Waals surface area contributed by atoms with Gasteiger partial charge in [-0.1, -0.05) is 37.5 Å². The number of thiocarbonyl (C=S) groups is 1. The first kappa shape index (κ1) is 22.7. The molecule has 0 aromatic heterocycles. The lowest BCUT2D eigenvalue weighted by atomic mass is 9.83. The van der Waals surface area contributed by atoms with Crippen LogP contribution >= 0.6 is 12.2 Å². The van der Waals surface area contributed by atoms with E-state index in [1.165, 1.54) is 13.5 Å². The maximum Gasteiger partial charge on any atom is 0.337 e. The normalized spacial score (nSPS) is 14.9. The van der Waals surface area contributed by atoms with Crippen LogP contribution in [0.3, 0.4) is 0 Å². The highest BCUT2D eigenvalue weighted by atomic mass is 32.1. The first-order valence-corrected chi connectivity index (χ1v) is 11.0. The van der Waals surface area contributed by atoms with E-state index in [1.807, 2.05) is 31.2 Å². The summed E-state index contributed by atoms with van der Waals surface area (Å²) >= 11 is 5.50. The van der Waals surface area contributed by atoms with Gasteiger partial charge in [0.25, 0.3) is 0 Å².